The van der Waals surface area contributed by atoms with Gasteiger partial charge in [0.2, 0.25) is 10.0 Å². The van der Waals surface area contributed by atoms with E-state index in [-0.39, 0.29) is 30.1 Å². The van der Waals surface area contributed by atoms with E-state index in [0.29, 0.717) is 17.5 Å². The molecular formula is C14H12Cl2F5N5O2S2. The van der Waals surface area contributed by atoms with Crippen molar-refractivity contribution < 1.29 is 27.8 Å². The van der Waals surface area contributed by atoms with Gasteiger partial charge in [0, 0.05) is 6.54 Å². The maximum Gasteiger partial charge on any atom is 0.310 e. The van der Waals surface area contributed by atoms with Gasteiger partial charge in [-0.05, 0) is 25.0 Å². The Kier molecular flexibility index (Phi) is 4.76. The molecule has 2 aromatic rings. The van der Waals surface area contributed by atoms with Crippen molar-refractivity contribution in [1.82, 2.24) is 9.78 Å². The Hall–Kier alpha value is -1.95. The van der Waals surface area contributed by atoms with Crippen molar-refractivity contribution in [3.05, 3.63) is 27.9 Å². The van der Waals surface area contributed by atoms with Crippen molar-refractivity contribution in [2.45, 2.75) is 17.7 Å². The van der Waals surface area contributed by atoms with E-state index < -0.39 is 52.4 Å². The van der Waals surface area contributed by atoms with Crippen LogP contribution >= 0.6 is 33.4 Å². The van der Waals surface area contributed by atoms with Crippen LogP contribution in [0.3, 0.4) is 0 Å². The number of nitrogens with zero attached hydrogens (tertiary/aromatic N) is 4. The molecule has 166 valence electrons. The summed E-state index contributed by atoms with van der Waals surface area (Å²) in [5, 5.41) is 11.4. The van der Waals surface area contributed by atoms with Crippen LogP contribution < -0.4 is 10.0 Å². The molecule has 1 aromatic heterocycles. The lowest BCUT2D eigenvalue weighted by atomic mass is 10.3. The molecule has 2 heterocycles. The maximum atomic E-state index is 13.1. The number of halogens is 7. The molecular weight excluding hydrogens is 500 g/mol. The van der Waals surface area contributed by atoms with Gasteiger partial charge in [0.15, 0.2) is 11.5 Å². The average molecular weight is 512 g/mol. The fourth-order valence-electron chi connectivity index (χ4n) is 2.92. The molecule has 0 atom stereocenters. The fraction of sp³-hybridized carbons (Fsp3) is 0.286. The van der Waals surface area contributed by atoms with Crippen LogP contribution in [0.15, 0.2) is 17.0 Å². The van der Waals surface area contributed by atoms with Crippen molar-refractivity contribution in [2.24, 2.45) is 0 Å². The predicted octanol–water partition coefficient (Wildman–Crippen LogP) is 5.22. The highest BCUT2D eigenvalue weighted by atomic mass is 35.5. The number of nitriles is 1. The summed E-state index contributed by atoms with van der Waals surface area (Å²) in [6.45, 7) is -0.00246. The van der Waals surface area contributed by atoms with Crippen LogP contribution in [0.25, 0.3) is 5.69 Å². The van der Waals surface area contributed by atoms with E-state index in [1.54, 1.807) is 6.07 Å². The lowest BCUT2D eigenvalue weighted by molar-refractivity contribution is 0.364. The number of aromatic nitrogens is 2. The van der Waals surface area contributed by atoms with Gasteiger partial charge >= 0.3 is 10.2 Å². The zero-order valence-electron chi connectivity index (χ0n) is 14.6. The highest BCUT2D eigenvalue weighted by molar-refractivity contribution is 8.45. The highest BCUT2D eigenvalue weighted by Crippen LogP contribution is 3.02. The minimum Gasteiger partial charge on any atom is -0.382 e. The number of hydrogen-bond acceptors (Lipinski definition) is 5. The van der Waals surface area contributed by atoms with Crippen LogP contribution in [0.5, 0.6) is 0 Å². The molecule has 1 fully saturated rings. The van der Waals surface area contributed by atoms with Gasteiger partial charge in [0.1, 0.15) is 22.3 Å². The van der Waals surface area contributed by atoms with Crippen LogP contribution in [-0.4, -0.2) is 30.5 Å². The number of hydrogen-bond donors (Lipinski definition) is 1. The summed E-state index contributed by atoms with van der Waals surface area (Å²) in [4.78, 5) is -2.32. The predicted molar refractivity (Wildman–Crippen MR) is 104 cm³/mol. The van der Waals surface area contributed by atoms with Gasteiger partial charge in [-0.25, -0.2) is 13.1 Å². The van der Waals surface area contributed by atoms with Crippen molar-refractivity contribution in [3.63, 3.8) is 0 Å². The quantitative estimate of drug-likeness (QED) is 0.568. The molecule has 1 aromatic carbocycles. The first-order valence-electron chi connectivity index (χ1n) is 7.99. The largest absolute Gasteiger partial charge is 0.382 e. The van der Waals surface area contributed by atoms with Crippen molar-refractivity contribution in [2.75, 3.05) is 22.3 Å². The lowest BCUT2D eigenvalue weighted by Crippen LogP contribution is -2.38. The Morgan fingerprint density at radius 2 is 1.67 bits per heavy atom. The second-order valence-electron chi connectivity index (χ2n) is 6.41. The summed E-state index contributed by atoms with van der Waals surface area (Å²) in [5.41, 5.74) is 4.68. The monoisotopic (exact) mass is 511 g/mol. The average Bonchev–Trinajstić information content (AvgIpc) is 2.88. The van der Waals surface area contributed by atoms with Crippen LogP contribution in [0, 0.1) is 11.3 Å². The first kappa shape index (κ1) is 22.7. The number of nitrogen functional groups attached to an aromatic ring is 1. The van der Waals surface area contributed by atoms with E-state index in [1.165, 1.54) is 0 Å². The Bertz CT molecular complexity index is 1190. The Labute approximate surface area is 177 Å². The normalized spacial score (nSPS) is 19.1. The molecule has 0 unspecified atom stereocenters. The van der Waals surface area contributed by atoms with E-state index in [9.17, 15) is 33.1 Å². The highest BCUT2D eigenvalue weighted by Gasteiger charge is 2.65. The van der Waals surface area contributed by atoms with Crippen LogP contribution in [0.4, 0.5) is 30.9 Å². The smallest absolute Gasteiger partial charge is 0.310 e. The molecule has 16 heteroatoms. The Balaban J connectivity index is 2.24. The molecule has 7 nitrogen and oxygen atoms in total. The first-order valence-corrected chi connectivity index (χ1v) is 12.3. The molecule has 2 N–H and O–H groups in total. The molecule has 0 saturated carbocycles. The first-order chi connectivity index (χ1) is 13.5. The van der Waals surface area contributed by atoms with Crippen molar-refractivity contribution in [1.29, 1.82) is 5.26 Å². The summed E-state index contributed by atoms with van der Waals surface area (Å²) in [6, 6.07) is 1.58. The number of benzene rings is 1. The minimum atomic E-state index is -10.1. The van der Waals surface area contributed by atoms with Crippen LogP contribution in [0.1, 0.15) is 18.5 Å². The number of anilines is 2. The molecule has 1 aliphatic rings. The molecule has 0 amide bonds. The van der Waals surface area contributed by atoms with Gasteiger partial charge in [-0.3, -0.25) is 4.31 Å². The van der Waals surface area contributed by atoms with Crippen LogP contribution in [-0.2, 0) is 10.0 Å². The third-order valence-electron chi connectivity index (χ3n) is 4.25. The fourth-order valence-corrected chi connectivity index (χ4v) is 6.03. The van der Waals surface area contributed by atoms with E-state index >= 15 is 0 Å². The maximum absolute atomic E-state index is 13.1. The van der Waals surface area contributed by atoms with E-state index in [2.05, 4.69) is 5.10 Å². The summed E-state index contributed by atoms with van der Waals surface area (Å²) < 4.78 is 91.7. The molecule has 0 spiro atoms. The molecule has 0 radical (unpaired) electrons. The number of nitrogens with two attached hydrogens (primary N) is 1. The third-order valence-corrected chi connectivity index (χ3v) is 7.79. The van der Waals surface area contributed by atoms with E-state index in [1.807, 2.05) is 0 Å². The molecule has 30 heavy (non-hydrogen) atoms. The zero-order chi connectivity index (χ0) is 22.8. The summed E-state index contributed by atoms with van der Waals surface area (Å²) in [6.07, 6.45) is 0.858. The Morgan fingerprint density at radius 3 is 2.13 bits per heavy atom. The molecule has 1 saturated heterocycles. The van der Waals surface area contributed by atoms with E-state index in [0.717, 1.165) is 4.31 Å². The summed E-state index contributed by atoms with van der Waals surface area (Å²) in [7, 11) is -13.9. The molecule has 3 rings (SSSR count). The SMILES string of the molecule is N#Cc1nn(-c2c(Cl)cc(S(F)(F)(F)(F)F)cc2Cl)c(N)c1N1CCCCS1(=O)=O. The second-order valence-corrected chi connectivity index (χ2v) is 11.6. The number of rotatable bonds is 3. The van der Waals surface area contributed by atoms with Gasteiger partial charge in [-0.15, -0.1) is 0 Å². The molecule has 1 aliphatic heterocycles. The summed E-state index contributed by atoms with van der Waals surface area (Å²) >= 11 is 11.6. The van der Waals surface area contributed by atoms with E-state index in [4.69, 9.17) is 28.9 Å². The molecule has 0 aliphatic carbocycles. The van der Waals surface area contributed by atoms with Gasteiger partial charge in [-0.1, -0.05) is 42.6 Å². The van der Waals surface area contributed by atoms with Crippen molar-refractivity contribution in [3.8, 4) is 11.8 Å². The Morgan fingerprint density at radius 1 is 1.10 bits per heavy atom. The zero-order valence-corrected chi connectivity index (χ0v) is 17.8. The standard InChI is InChI=1S/C14H12Cl2F5N5O2S2/c15-9-5-8(30(17,18,19,20)21)6-10(16)12(9)26-14(23)13(11(7-22)24-26)25-3-1-2-4-29(25,27)28/h5-6H,1-4,23H2. The van der Waals surface area contributed by atoms with Gasteiger partial charge < -0.3 is 5.73 Å². The minimum absolute atomic E-state index is 0.00246. The lowest BCUT2D eigenvalue weighted by Gasteiger charge is -2.40. The van der Waals surface area contributed by atoms with Gasteiger partial charge in [-0.2, -0.15) is 10.4 Å². The van der Waals surface area contributed by atoms with Gasteiger partial charge in [0.05, 0.1) is 15.8 Å². The second kappa shape index (κ2) is 6.28. The number of sulfonamides is 1. The van der Waals surface area contributed by atoms with Crippen molar-refractivity contribution >= 4 is 55.0 Å². The van der Waals surface area contributed by atoms with Gasteiger partial charge in [0.25, 0.3) is 0 Å². The molecule has 0 bridgehead atoms. The topological polar surface area (TPSA) is 105 Å². The summed E-state index contributed by atoms with van der Waals surface area (Å²) in [5.74, 6) is -0.663. The third kappa shape index (κ3) is 3.98. The van der Waals surface area contributed by atoms with Crippen LogP contribution in [0.2, 0.25) is 10.0 Å².